The molecule has 0 aliphatic heterocycles. The third-order valence-electron chi connectivity index (χ3n) is 3.11. The van der Waals surface area contributed by atoms with Gasteiger partial charge in [-0.2, -0.15) is 26.3 Å². The van der Waals surface area contributed by atoms with Crippen molar-refractivity contribution < 1.29 is 47.9 Å². The first-order valence-corrected chi connectivity index (χ1v) is 8.06. The summed E-state index contributed by atoms with van der Waals surface area (Å²) in [5, 5.41) is 0. The topological polar surface area (TPSA) is 46.2 Å². The highest BCUT2D eigenvalue weighted by molar-refractivity contribution is 7.92. The van der Waals surface area contributed by atoms with Crippen LogP contribution in [0.2, 0.25) is 0 Å². The lowest BCUT2D eigenvalue weighted by atomic mass is 10.1. The molecule has 0 amide bonds. The van der Waals surface area contributed by atoms with Gasteiger partial charge in [0, 0.05) is 12.1 Å². The van der Waals surface area contributed by atoms with E-state index in [-0.39, 0.29) is 30.3 Å². The van der Waals surface area contributed by atoms with Gasteiger partial charge in [0.15, 0.2) is 17.5 Å². The lowest BCUT2D eigenvalue weighted by Crippen LogP contribution is -2.17. The Bertz CT molecular complexity index is 926. The van der Waals surface area contributed by atoms with Crippen molar-refractivity contribution in [3.63, 3.8) is 0 Å². The Labute approximate surface area is 145 Å². The molecule has 0 spiro atoms. The smallest absolute Gasteiger partial charge is 0.279 e. The second-order valence-electron chi connectivity index (χ2n) is 5.10. The minimum absolute atomic E-state index is 0.0895. The maximum atomic E-state index is 13.1. The summed E-state index contributed by atoms with van der Waals surface area (Å²) in [7, 11) is -5.13. The first kappa shape index (κ1) is 20.9. The standard InChI is InChI=1S/C14H6F9NO2S/c15-10-4-8(5-11(16)12(10)17)24-27(25,26)9-2-6(13(18,19)20)1-7(3-9)14(21,22)23/h1-5,24H. The molecule has 0 aliphatic carbocycles. The maximum absolute atomic E-state index is 13.1. The van der Waals surface area contributed by atoms with Crippen LogP contribution in [0.1, 0.15) is 11.1 Å². The van der Waals surface area contributed by atoms with Crippen molar-refractivity contribution in [2.75, 3.05) is 4.72 Å². The van der Waals surface area contributed by atoms with Crippen LogP contribution in [0, 0.1) is 17.5 Å². The molecule has 0 radical (unpaired) electrons. The molecule has 0 unspecified atom stereocenters. The van der Waals surface area contributed by atoms with E-state index in [0.29, 0.717) is 0 Å². The Morgan fingerprint density at radius 2 is 1.11 bits per heavy atom. The van der Waals surface area contributed by atoms with Gasteiger partial charge in [0.1, 0.15) is 0 Å². The fraction of sp³-hybridized carbons (Fsp3) is 0.143. The fourth-order valence-electron chi connectivity index (χ4n) is 1.91. The van der Waals surface area contributed by atoms with E-state index in [1.54, 1.807) is 0 Å². The van der Waals surface area contributed by atoms with Gasteiger partial charge in [0.05, 0.1) is 21.7 Å². The predicted octanol–water partition coefficient (Wildman–Crippen LogP) is 4.94. The first-order chi connectivity index (χ1) is 12.1. The highest BCUT2D eigenvalue weighted by Gasteiger charge is 2.38. The molecule has 2 rings (SSSR count). The number of benzene rings is 2. The first-order valence-electron chi connectivity index (χ1n) is 6.58. The van der Waals surface area contributed by atoms with E-state index in [4.69, 9.17) is 0 Å². The van der Waals surface area contributed by atoms with Crippen molar-refractivity contribution in [2.45, 2.75) is 17.2 Å². The van der Waals surface area contributed by atoms with Crippen LogP contribution >= 0.6 is 0 Å². The largest absolute Gasteiger partial charge is 0.416 e. The van der Waals surface area contributed by atoms with Gasteiger partial charge in [0.2, 0.25) is 0 Å². The predicted molar refractivity (Wildman–Crippen MR) is 73.6 cm³/mol. The molecule has 3 nitrogen and oxygen atoms in total. The van der Waals surface area contributed by atoms with Crippen molar-refractivity contribution >= 4 is 15.7 Å². The minimum Gasteiger partial charge on any atom is -0.279 e. The maximum Gasteiger partial charge on any atom is 0.416 e. The molecular formula is C14H6F9NO2S. The van der Waals surface area contributed by atoms with Crippen molar-refractivity contribution in [3.05, 3.63) is 58.9 Å². The van der Waals surface area contributed by atoms with Crippen LogP contribution in [0.25, 0.3) is 0 Å². The van der Waals surface area contributed by atoms with E-state index < -0.39 is 61.5 Å². The van der Waals surface area contributed by atoms with Gasteiger partial charge >= 0.3 is 12.4 Å². The van der Waals surface area contributed by atoms with Crippen LogP contribution in [-0.2, 0) is 22.4 Å². The average Bonchev–Trinajstić information content (AvgIpc) is 2.50. The van der Waals surface area contributed by atoms with E-state index in [1.165, 1.54) is 4.72 Å². The SMILES string of the molecule is O=S(=O)(Nc1cc(F)c(F)c(F)c1)c1cc(C(F)(F)F)cc(C(F)(F)F)c1. The van der Waals surface area contributed by atoms with Gasteiger partial charge in [0.25, 0.3) is 10.0 Å². The Hall–Kier alpha value is -2.44. The molecule has 0 heterocycles. The van der Waals surface area contributed by atoms with Crippen molar-refractivity contribution in [3.8, 4) is 0 Å². The van der Waals surface area contributed by atoms with Gasteiger partial charge in [-0.25, -0.2) is 21.6 Å². The summed E-state index contributed by atoms with van der Waals surface area (Å²) in [6, 6.07) is -0.152. The van der Waals surface area contributed by atoms with Crippen LogP contribution in [0.4, 0.5) is 45.2 Å². The Balaban J connectivity index is 2.58. The zero-order valence-corrected chi connectivity index (χ0v) is 13.3. The number of alkyl halides is 6. The molecule has 0 atom stereocenters. The molecule has 2 aromatic carbocycles. The van der Waals surface area contributed by atoms with E-state index in [0.717, 1.165) is 0 Å². The van der Waals surface area contributed by atoms with Gasteiger partial charge < -0.3 is 0 Å². The van der Waals surface area contributed by atoms with Crippen LogP contribution in [0.3, 0.4) is 0 Å². The molecule has 0 aromatic heterocycles. The van der Waals surface area contributed by atoms with Crippen LogP contribution in [0.15, 0.2) is 35.2 Å². The third kappa shape index (κ3) is 4.64. The van der Waals surface area contributed by atoms with Crippen molar-refractivity contribution in [1.29, 1.82) is 0 Å². The van der Waals surface area contributed by atoms with E-state index in [1.807, 2.05) is 0 Å². The molecule has 0 saturated heterocycles. The fourth-order valence-corrected chi connectivity index (χ4v) is 3.02. The summed E-state index contributed by atoms with van der Waals surface area (Å²) < 4.78 is 141. The van der Waals surface area contributed by atoms with Gasteiger partial charge in [-0.15, -0.1) is 0 Å². The average molecular weight is 423 g/mol. The number of hydrogen-bond donors (Lipinski definition) is 1. The van der Waals surface area contributed by atoms with Crippen LogP contribution < -0.4 is 4.72 Å². The Morgan fingerprint density at radius 1 is 0.704 bits per heavy atom. The lowest BCUT2D eigenvalue weighted by molar-refractivity contribution is -0.143. The highest BCUT2D eigenvalue weighted by Crippen LogP contribution is 2.37. The second kappa shape index (κ2) is 6.62. The molecule has 0 fully saturated rings. The summed E-state index contributed by atoms with van der Waals surface area (Å²) in [6.07, 6.45) is -10.6. The summed E-state index contributed by atoms with van der Waals surface area (Å²) in [5.41, 5.74) is -4.76. The molecule has 13 heteroatoms. The molecule has 0 bridgehead atoms. The quantitative estimate of drug-likeness (QED) is 0.562. The van der Waals surface area contributed by atoms with Crippen LogP contribution in [0.5, 0.6) is 0 Å². The zero-order chi connectivity index (χ0) is 20.8. The number of halogens is 9. The number of anilines is 1. The normalized spacial score (nSPS) is 12.9. The second-order valence-corrected chi connectivity index (χ2v) is 6.78. The molecule has 148 valence electrons. The summed E-state index contributed by atoms with van der Waals surface area (Å²) >= 11 is 0. The van der Waals surface area contributed by atoms with Gasteiger partial charge in [-0.05, 0) is 18.2 Å². The van der Waals surface area contributed by atoms with Crippen molar-refractivity contribution in [2.24, 2.45) is 0 Å². The number of sulfonamides is 1. The zero-order valence-electron chi connectivity index (χ0n) is 12.5. The molecule has 1 N–H and O–H groups in total. The monoisotopic (exact) mass is 423 g/mol. The Kier molecular flexibility index (Phi) is 5.12. The van der Waals surface area contributed by atoms with E-state index in [9.17, 15) is 47.9 Å². The van der Waals surface area contributed by atoms with E-state index >= 15 is 0 Å². The summed E-state index contributed by atoms with van der Waals surface area (Å²) in [4.78, 5) is -1.46. The molecule has 2 aromatic rings. The number of nitrogens with one attached hydrogen (secondary N) is 1. The highest BCUT2D eigenvalue weighted by atomic mass is 32.2. The van der Waals surface area contributed by atoms with Gasteiger partial charge in [-0.1, -0.05) is 0 Å². The number of hydrogen-bond acceptors (Lipinski definition) is 2. The number of rotatable bonds is 3. The lowest BCUT2D eigenvalue weighted by Gasteiger charge is -2.15. The summed E-state index contributed by atoms with van der Waals surface area (Å²) in [5.74, 6) is -5.60. The van der Waals surface area contributed by atoms with E-state index in [2.05, 4.69) is 0 Å². The molecule has 27 heavy (non-hydrogen) atoms. The Morgan fingerprint density at radius 3 is 1.48 bits per heavy atom. The van der Waals surface area contributed by atoms with Crippen molar-refractivity contribution in [1.82, 2.24) is 0 Å². The van der Waals surface area contributed by atoms with Crippen LogP contribution in [-0.4, -0.2) is 8.42 Å². The molecule has 0 aliphatic rings. The van der Waals surface area contributed by atoms with Gasteiger partial charge in [-0.3, -0.25) is 4.72 Å². The third-order valence-corrected chi connectivity index (χ3v) is 4.47. The summed E-state index contributed by atoms with van der Waals surface area (Å²) in [6.45, 7) is 0. The molecular weight excluding hydrogens is 417 g/mol. The minimum atomic E-state index is -5.31. The molecule has 0 saturated carbocycles.